The number of aryl methyl sites for hydroxylation is 1. The Morgan fingerprint density at radius 2 is 2.07 bits per heavy atom. The largest absolute Gasteiger partial charge is 0.481 e. The van der Waals surface area contributed by atoms with Crippen molar-refractivity contribution < 1.29 is 14.7 Å². The highest BCUT2D eigenvalue weighted by atomic mass is 16.4. The van der Waals surface area contributed by atoms with Gasteiger partial charge in [0, 0.05) is 5.69 Å². The number of carbonyl (C=O) groups is 2. The maximum Gasteiger partial charge on any atom is 0.310 e. The van der Waals surface area contributed by atoms with Crippen molar-refractivity contribution in [3.63, 3.8) is 0 Å². The van der Waals surface area contributed by atoms with Crippen LogP contribution in [0.4, 0.5) is 0 Å². The van der Waals surface area contributed by atoms with E-state index >= 15 is 0 Å². The molecule has 0 saturated heterocycles. The van der Waals surface area contributed by atoms with E-state index in [4.69, 9.17) is 5.11 Å². The fourth-order valence-corrected chi connectivity index (χ4v) is 1.68. The van der Waals surface area contributed by atoms with Crippen molar-refractivity contribution in [2.75, 3.05) is 0 Å². The van der Waals surface area contributed by atoms with Crippen LogP contribution in [0.25, 0.3) is 0 Å². The van der Waals surface area contributed by atoms with E-state index in [0.29, 0.717) is 17.5 Å². The first kappa shape index (κ1) is 10.5. The van der Waals surface area contributed by atoms with Crippen molar-refractivity contribution in [1.82, 2.24) is 4.98 Å². The second kappa shape index (κ2) is 3.65. The first-order valence-corrected chi connectivity index (χ1v) is 4.36. The van der Waals surface area contributed by atoms with Crippen molar-refractivity contribution in [3.8, 4) is 0 Å². The van der Waals surface area contributed by atoms with Crippen LogP contribution in [0.1, 0.15) is 40.2 Å². The van der Waals surface area contributed by atoms with Gasteiger partial charge in [-0.25, -0.2) is 0 Å². The molecule has 0 amide bonds. The molecule has 0 fully saturated rings. The Kier molecular flexibility index (Phi) is 2.74. The number of hydrogen-bond acceptors (Lipinski definition) is 2. The minimum absolute atomic E-state index is 0.464. The zero-order valence-electron chi connectivity index (χ0n) is 8.42. The molecule has 0 aliphatic carbocycles. The number of H-pyrrole nitrogens is 1. The predicted octanol–water partition coefficient (Wildman–Crippen LogP) is 1.63. The Bertz CT molecular complexity index is 379. The zero-order valence-corrected chi connectivity index (χ0v) is 8.42. The molecule has 1 aromatic rings. The number of carboxylic acids is 1. The van der Waals surface area contributed by atoms with Crippen LogP contribution < -0.4 is 0 Å². The molecule has 14 heavy (non-hydrogen) atoms. The number of nitrogens with one attached hydrogen (secondary N) is 1. The van der Waals surface area contributed by atoms with Crippen LogP contribution in [0.3, 0.4) is 0 Å². The van der Waals surface area contributed by atoms with Crippen LogP contribution in [-0.4, -0.2) is 22.3 Å². The van der Waals surface area contributed by atoms with Crippen LogP contribution in [0.2, 0.25) is 0 Å². The van der Waals surface area contributed by atoms with Gasteiger partial charge in [0.05, 0.1) is 11.6 Å². The van der Waals surface area contributed by atoms with Crippen molar-refractivity contribution in [2.24, 2.45) is 0 Å². The molecule has 0 radical (unpaired) electrons. The molecular formula is C10H13NO3. The second-order valence-electron chi connectivity index (χ2n) is 3.38. The van der Waals surface area contributed by atoms with E-state index in [0.717, 1.165) is 11.3 Å². The molecule has 1 rings (SSSR count). The number of hydrogen-bond donors (Lipinski definition) is 2. The normalized spacial score (nSPS) is 12.5. The molecule has 0 aliphatic rings. The Labute approximate surface area is 81.9 Å². The fourth-order valence-electron chi connectivity index (χ4n) is 1.68. The highest BCUT2D eigenvalue weighted by molar-refractivity contribution is 5.81. The molecule has 4 nitrogen and oxygen atoms in total. The van der Waals surface area contributed by atoms with Gasteiger partial charge in [0.1, 0.15) is 0 Å². The molecule has 1 heterocycles. The molecule has 0 saturated carbocycles. The molecule has 2 N–H and O–H groups in total. The average Bonchev–Trinajstić information content (AvgIpc) is 2.40. The third-order valence-corrected chi connectivity index (χ3v) is 2.46. The Morgan fingerprint density at radius 3 is 2.43 bits per heavy atom. The van der Waals surface area contributed by atoms with Crippen LogP contribution in [0, 0.1) is 13.8 Å². The Hall–Kier alpha value is -1.58. The molecule has 0 aromatic carbocycles. The monoisotopic (exact) mass is 195 g/mol. The predicted molar refractivity (Wildman–Crippen MR) is 51.7 cm³/mol. The Balaban J connectivity index is 3.26. The van der Waals surface area contributed by atoms with Gasteiger partial charge in [-0.1, -0.05) is 0 Å². The van der Waals surface area contributed by atoms with E-state index < -0.39 is 11.9 Å². The first-order chi connectivity index (χ1) is 6.49. The van der Waals surface area contributed by atoms with Gasteiger partial charge in [0.2, 0.25) is 0 Å². The summed E-state index contributed by atoms with van der Waals surface area (Å²) in [5.41, 5.74) is 2.65. The minimum Gasteiger partial charge on any atom is -0.481 e. The zero-order chi connectivity index (χ0) is 10.9. The number of carbonyl (C=O) groups excluding carboxylic acids is 1. The summed E-state index contributed by atoms with van der Waals surface area (Å²) >= 11 is 0. The standard InChI is InChI=1S/C10H13NO3/c1-5-8(4-12)11-7(3)9(5)6(2)10(13)14/h4,6,11H,1-3H3,(H,13,14). The molecular weight excluding hydrogens is 182 g/mol. The van der Waals surface area contributed by atoms with Gasteiger partial charge in [0.25, 0.3) is 0 Å². The topological polar surface area (TPSA) is 70.2 Å². The van der Waals surface area contributed by atoms with Crippen LogP contribution in [0.15, 0.2) is 0 Å². The minimum atomic E-state index is -0.882. The third kappa shape index (κ3) is 1.55. The molecule has 1 unspecified atom stereocenters. The lowest BCUT2D eigenvalue weighted by Gasteiger charge is -2.06. The summed E-state index contributed by atoms with van der Waals surface area (Å²) in [5.74, 6) is -1.47. The molecule has 0 aliphatic heterocycles. The lowest BCUT2D eigenvalue weighted by atomic mass is 9.97. The van der Waals surface area contributed by atoms with Gasteiger partial charge >= 0.3 is 5.97 Å². The van der Waals surface area contributed by atoms with E-state index in [1.807, 2.05) is 0 Å². The smallest absolute Gasteiger partial charge is 0.310 e. The van der Waals surface area contributed by atoms with Gasteiger partial charge < -0.3 is 10.1 Å². The number of rotatable bonds is 3. The second-order valence-corrected chi connectivity index (χ2v) is 3.38. The highest BCUT2D eigenvalue weighted by Gasteiger charge is 2.21. The summed E-state index contributed by atoms with van der Waals surface area (Å²) in [6, 6.07) is 0. The van der Waals surface area contributed by atoms with E-state index in [-0.39, 0.29) is 0 Å². The summed E-state index contributed by atoms with van der Waals surface area (Å²) in [6.45, 7) is 5.14. The SMILES string of the molecule is Cc1[nH]c(C=O)c(C)c1C(C)C(=O)O. The third-order valence-electron chi connectivity index (χ3n) is 2.46. The first-order valence-electron chi connectivity index (χ1n) is 4.36. The molecule has 0 bridgehead atoms. The van der Waals surface area contributed by atoms with Gasteiger partial charge in [-0.15, -0.1) is 0 Å². The highest BCUT2D eigenvalue weighted by Crippen LogP contribution is 2.25. The number of aromatic amines is 1. The summed E-state index contributed by atoms with van der Waals surface area (Å²) in [6.07, 6.45) is 0.709. The van der Waals surface area contributed by atoms with E-state index in [9.17, 15) is 9.59 Å². The van der Waals surface area contributed by atoms with Crippen molar-refractivity contribution >= 4 is 12.3 Å². The van der Waals surface area contributed by atoms with Crippen LogP contribution in [-0.2, 0) is 4.79 Å². The van der Waals surface area contributed by atoms with Crippen molar-refractivity contribution in [2.45, 2.75) is 26.7 Å². The lowest BCUT2D eigenvalue weighted by Crippen LogP contribution is -2.09. The number of aldehydes is 1. The number of carboxylic acid groups (broad SMARTS) is 1. The van der Waals surface area contributed by atoms with Crippen LogP contribution in [0.5, 0.6) is 0 Å². The average molecular weight is 195 g/mol. The maximum atomic E-state index is 10.8. The molecule has 1 aromatic heterocycles. The van der Waals surface area contributed by atoms with Crippen molar-refractivity contribution in [3.05, 3.63) is 22.5 Å². The van der Waals surface area contributed by atoms with Gasteiger partial charge in [-0.2, -0.15) is 0 Å². The summed E-state index contributed by atoms with van der Waals surface area (Å²) in [4.78, 5) is 24.3. The van der Waals surface area contributed by atoms with E-state index in [2.05, 4.69) is 4.98 Å². The van der Waals surface area contributed by atoms with Gasteiger partial charge in [0.15, 0.2) is 6.29 Å². The van der Waals surface area contributed by atoms with Gasteiger partial charge in [-0.3, -0.25) is 9.59 Å². The van der Waals surface area contributed by atoms with Crippen LogP contribution >= 0.6 is 0 Å². The maximum absolute atomic E-state index is 10.8. The van der Waals surface area contributed by atoms with E-state index in [1.165, 1.54) is 0 Å². The molecule has 0 spiro atoms. The number of aliphatic carboxylic acids is 1. The summed E-state index contributed by atoms with van der Waals surface area (Å²) in [7, 11) is 0. The summed E-state index contributed by atoms with van der Waals surface area (Å²) in [5, 5.41) is 8.86. The van der Waals surface area contributed by atoms with E-state index in [1.54, 1.807) is 20.8 Å². The van der Waals surface area contributed by atoms with Crippen molar-refractivity contribution in [1.29, 1.82) is 0 Å². The fraction of sp³-hybridized carbons (Fsp3) is 0.400. The lowest BCUT2D eigenvalue weighted by molar-refractivity contribution is -0.138. The molecule has 1 atom stereocenters. The molecule has 4 heteroatoms. The quantitative estimate of drug-likeness (QED) is 0.720. The molecule has 76 valence electrons. The summed E-state index contributed by atoms with van der Waals surface area (Å²) < 4.78 is 0. The van der Waals surface area contributed by atoms with Gasteiger partial charge in [-0.05, 0) is 31.9 Å². The number of aromatic nitrogens is 1. The Morgan fingerprint density at radius 1 is 1.50 bits per heavy atom.